The van der Waals surface area contributed by atoms with Crippen LogP contribution in [0.3, 0.4) is 0 Å². The number of hydrogen-bond donors (Lipinski definition) is 0. The summed E-state index contributed by atoms with van der Waals surface area (Å²) in [7, 11) is 0. The van der Waals surface area contributed by atoms with E-state index < -0.39 is 0 Å². The highest BCUT2D eigenvalue weighted by Gasteiger charge is 2.46. The van der Waals surface area contributed by atoms with Gasteiger partial charge in [-0.25, -0.2) is 0 Å². The molecule has 5 atom stereocenters. The fourth-order valence-electron chi connectivity index (χ4n) is 5.03. The van der Waals surface area contributed by atoms with Gasteiger partial charge in [-0.3, -0.25) is 4.90 Å². The molecule has 1 heterocycles. The molecule has 2 saturated carbocycles. The van der Waals surface area contributed by atoms with E-state index in [1.54, 1.807) is 0 Å². The summed E-state index contributed by atoms with van der Waals surface area (Å²) in [6, 6.07) is 4.00. The van der Waals surface area contributed by atoms with Gasteiger partial charge in [-0.05, 0) is 55.8 Å². The minimum atomic E-state index is 0.290. The van der Waals surface area contributed by atoms with Gasteiger partial charge in [-0.15, -0.1) is 0 Å². The molecule has 1 aliphatic heterocycles. The van der Waals surface area contributed by atoms with Crippen molar-refractivity contribution in [3.63, 3.8) is 0 Å². The summed E-state index contributed by atoms with van der Waals surface area (Å²) in [5, 5.41) is 9.56. The third kappa shape index (κ3) is 2.39. The fraction of sp³-hybridized carbons (Fsp3) is 0.944. The lowest BCUT2D eigenvalue weighted by molar-refractivity contribution is 0.0353. The molecule has 0 aromatic carbocycles. The Kier molecular flexibility index (Phi) is 3.84. The molecule has 1 saturated heterocycles. The molecule has 0 radical (unpaired) electrons. The lowest BCUT2D eigenvalue weighted by Crippen LogP contribution is -2.49. The van der Waals surface area contributed by atoms with Gasteiger partial charge >= 0.3 is 0 Å². The molecular weight excluding hydrogens is 244 g/mol. The van der Waals surface area contributed by atoms with Crippen molar-refractivity contribution < 1.29 is 0 Å². The maximum absolute atomic E-state index is 9.56. The molecule has 0 spiro atoms. The van der Waals surface area contributed by atoms with E-state index in [9.17, 15) is 5.26 Å². The first kappa shape index (κ1) is 14.4. The second-order valence-corrected chi connectivity index (χ2v) is 8.18. The first-order valence-corrected chi connectivity index (χ1v) is 8.70. The van der Waals surface area contributed by atoms with Crippen molar-refractivity contribution in [2.75, 3.05) is 6.54 Å². The summed E-state index contributed by atoms with van der Waals surface area (Å²) in [6.07, 6.45) is 9.16. The molecule has 2 heteroatoms. The second kappa shape index (κ2) is 5.34. The summed E-state index contributed by atoms with van der Waals surface area (Å²) in [5.41, 5.74) is 0.442. The summed E-state index contributed by atoms with van der Waals surface area (Å²) in [4.78, 5) is 2.75. The molecular formula is C18H30N2. The molecule has 3 fully saturated rings. The third-order valence-corrected chi connectivity index (χ3v) is 6.88. The molecule has 0 aromatic rings. The van der Waals surface area contributed by atoms with Gasteiger partial charge < -0.3 is 0 Å². The van der Waals surface area contributed by atoms with Crippen LogP contribution < -0.4 is 0 Å². The Morgan fingerprint density at radius 3 is 2.50 bits per heavy atom. The van der Waals surface area contributed by atoms with E-state index >= 15 is 0 Å². The Bertz CT molecular complexity index is 395. The van der Waals surface area contributed by atoms with E-state index in [0.29, 0.717) is 17.4 Å². The number of nitriles is 1. The molecule has 3 aliphatic rings. The molecule has 112 valence electrons. The molecule has 0 N–H and O–H groups in total. The number of rotatable bonds is 3. The van der Waals surface area contributed by atoms with Crippen molar-refractivity contribution in [3.05, 3.63) is 0 Å². The summed E-state index contributed by atoms with van der Waals surface area (Å²) < 4.78 is 0. The minimum absolute atomic E-state index is 0.290. The average molecular weight is 274 g/mol. The monoisotopic (exact) mass is 274 g/mol. The first-order valence-electron chi connectivity index (χ1n) is 8.70. The Hall–Kier alpha value is -0.550. The molecule has 20 heavy (non-hydrogen) atoms. The normalized spacial score (nSPS) is 41.8. The van der Waals surface area contributed by atoms with E-state index in [0.717, 1.165) is 24.3 Å². The Labute approximate surface area is 124 Å². The molecule has 5 unspecified atom stereocenters. The summed E-state index contributed by atoms with van der Waals surface area (Å²) in [6.45, 7) is 8.46. The number of nitrogens with zero attached hydrogens (tertiary/aromatic N) is 2. The molecule has 0 aromatic heterocycles. The zero-order chi connectivity index (χ0) is 14.3. The third-order valence-electron chi connectivity index (χ3n) is 6.88. The molecule has 2 bridgehead atoms. The van der Waals surface area contributed by atoms with Crippen molar-refractivity contribution in [2.45, 2.75) is 77.8 Å². The Morgan fingerprint density at radius 1 is 1.15 bits per heavy atom. The maximum Gasteiger partial charge on any atom is 0.0672 e. The molecule has 2 aliphatic carbocycles. The lowest BCUT2D eigenvalue weighted by Gasteiger charge is -2.46. The van der Waals surface area contributed by atoms with Crippen LogP contribution in [-0.4, -0.2) is 23.5 Å². The van der Waals surface area contributed by atoms with Gasteiger partial charge in [0.25, 0.3) is 0 Å². The largest absolute Gasteiger partial charge is 0.296 e. The van der Waals surface area contributed by atoms with Crippen LogP contribution in [0.5, 0.6) is 0 Å². The van der Waals surface area contributed by atoms with Crippen molar-refractivity contribution in [2.24, 2.45) is 23.2 Å². The highest BCUT2D eigenvalue weighted by Crippen LogP contribution is 2.47. The fourth-order valence-corrected chi connectivity index (χ4v) is 5.03. The number of hydrogen-bond acceptors (Lipinski definition) is 2. The number of likely N-dealkylation sites (tertiary alicyclic amines) is 1. The Balaban J connectivity index is 1.74. The van der Waals surface area contributed by atoms with Crippen LogP contribution in [0.25, 0.3) is 0 Å². The van der Waals surface area contributed by atoms with Gasteiger partial charge in [0.15, 0.2) is 0 Å². The zero-order valence-corrected chi connectivity index (χ0v) is 13.4. The van der Waals surface area contributed by atoms with E-state index in [4.69, 9.17) is 0 Å². The van der Waals surface area contributed by atoms with Gasteiger partial charge in [0, 0.05) is 18.6 Å². The van der Waals surface area contributed by atoms with Gasteiger partial charge in [0.1, 0.15) is 0 Å². The second-order valence-electron chi connectivity index (χ2n) is 8.18. The minimum Gasteiger partial charge on any atom is -0.296 e. The number of piperidine rings is 1. The quantitative estimate of drug-likeness (QED) is 0.770. The molecule has 0 amide bonds. The first-order chi connectivity index (χ1) is 9.55. The highest BCUT2D eigenvalue weighted by atomic mass is 15.2. The zero-order valence-electron chi connectivity index (χ0n) is 13.4. The molecule has 2 nitrogen and oxygen atoms in total. The smallest absolute Gasteiger partial charge is 0.0672 e. The Morgan fingerprint density at radius 2 is 1.95 bits per heavy atom. The van der Waals surface area contributed by atoms with E-state index in [1.165, 1.54) is 45.1 Å². The van der Waals surface area contributed by atoms with E-state index in [-0.39, 0.29) is 0 Å². The average Bonchev–Trinajstić information content (AvgIpc) is 3.09. The van der Waals surface area contributed by atoms with Crippen LogP contribution in [0.15, 0.2) is 0 Å². The predicted molar refractivity (Wildman–Crippen MR) is 82.1 cm³/mol. The van der Waals surface area contributed by atoms with Crippen LogP contribution in [0.4, 0.5) is 0 Å². The van der Waals surface area contributed by atoms with Gasteiger partial charge in [-0.2, -0.15) is 5.26 Å². The number of fused-ring (bicyclic) bond motifs is 2. The van der Waals surface area contributed by atoms with Crippen LogP contribution >= 0.6 is 0 Å². The van der Waals surface area contributed by atoms with Crippen LogP contribution in [0.2, 0.25) is 0 Å². The van der Waals surface area contributed by atoms with E-state index in [2.05, 4.69) is 31.7 Å². The maximum atomic E-state index is 9.56. The lowest BCUT2D eigenvalue weighted by atomic mass is 9.65. The van der Waals surface area contributed by atoms with Crippen molar-refractivity contribution in [1.29, 1.82) is 5.26 Å². The standard InChI is InChI=1S/C18H30N2/c1-4-18(2,3)15-7-6-14(11-19)17(10-15)20-12-13-5-8-16(20)9-13/h13-17H,4-10,12H2,1-3H3. The van der Waals surface area contributed by atoms with Crippen molar-refractivity contribution >= 4 is 0 Å². The SMILES string of the molecule is CCC(C)(C)C1CCC(C#N)C(N2CC3CCC2C3)C1. The van der Waals surface area contributed by atoms with Crippen LogP contribution in [0.1, 0.15) is 65.7 Å². The highest BCUT2D eigenvalue weighted by molar-refractivity contribution is 5.04. The van der Waals surface area contributed by atoms with Gasteiger partial charge in [0.2, 0.25) is 0 Å². The topological polar surface area (TPSA) is 27.0 Å². The van der Waals surface area contributed by atoms with Gasteiger partial charge in [0.05, 0.1) is 12.0 Å². The van der Waals surface area contributed by atoms with Crippen molar-refractivity contribution in [3.8, 4) is 6.07 Å². The summed E-state index contributed by atoms with van der Waals surface area (Å²) >= 11 is 0. The van der Waals surface area contributed by atoms with Crippen molar-refractivity contribution in [1.82, 2.24) is 4.90 Å². The predicted octanol–water partition coefficient (Wildman–Crippen LogP) is 4.22. The molecule has 3 rings (SSSR count). The van der Waals surface area contributed by atoms with Crippen LogP contribution in [-0.2, 0) is 0 Å². The summed E-state index contributed by atoms with van der Waals surface area (Å²) in [5.74, 6) is 2.04. The van der Waals surface area contributed by atoms with Crippen LogP contribution in [0, 0.1) is 34.5 Å². The van der Waals surface area contributed by atoms with Gasteiger partial charge in [-0.1, -0.05) is 27.2 Å². The van der Waals surface area contributed by atoms with E-state index in [1.807, 2.05) is 0 Å².